The van der Waals surface area contributed by atoms with Crippen LogP contribution in [-0.2, 0) is 16.5 Å². The molecule has 6 heteroatoms. The van der Waals surface area contributed by atoms with Gasteiger partial charge in [-0.2, -0.15) is 13.2 Å². The summed E-state index contributed by atoms with van der Waals surface area (Å²) in [5.74, 6) is 0.332. The van der Waals surface area contributed by atoms with Crippen molar-refractivity contribution in [3.63, 3.8) is 0 Å². The van der Waals surface area contributed by atoms with E-state index >= 15 is 0 Å². The average Bonchev–Trinajstić information content (AvgIpc) is 3.10. The second-order valence-electron chi connectivity index (χ2n) is 6.96. The molecule has 3 nitrogen and oxygen atoms in total. The third kappa shape index (κ3) is 3.37. The van der Waals surface area contributed by atoms with Gasteiger partial charge in [-0.3, -0.25) is 4.79 Å². The van der Waals surface area contributed by atoms with Gasteiger partial charge in [0.15, 0.2) is 0 Å². The summed E-state index contributed by atoms with van der Waals surface area (Å²) in [5.41, 5.74) is -0.163. The van der Waals surface area contributed by atoms with Gasteiger partial charge in [0.1, 0.15) is 0 Å². The van der Waals surface area contributed by atoms with E-state index in [0.717, 1.165) is 19.0 Å². The van der Waals surface area contributed by atoms with Crippen molar-refractivity contribution in [2.45, 2.75) is 50.9 Å². The minimum absolute atomic E-state index is 0.109. The van der Waals surface area contributed by atoms with Gasteiger partial charge in [-0.15, -0.1) is 0 Å². The van der Waals surface area contributed by atoms with Gasteiger partial charge < -0.3 is 10.6 Å². The van der Waals surface area contributed by atoms with Crippen LogP contribution in [0, 0.1) is 12.8 Å². The molecule has 0 spiro atoms. The fourth-order valence-electron chi connectivity index (χ4n) is 3.27. The smallest absolute Gasteiger partial charge is 0.345 e. The summed E-state index contributed by atoms with van der Waals surface area (Å²) in [4.78, 5) is 12.4. The first-order valence-electron chi connectivity index (χ1n) is 7.94. The number of halogens is 3. The molecule has 2 aliphatic rings. The summed E-state index contributed by atoms with van der Waals surface area (Å²) in [5, 5.41) is 6.15. The Balaban J connectivity index is 1.81. The van der Waals surface area contributed by atoms with Gasteiger partial charge >= 0.3 is 6.18 Å². The van der Waals surface area contributed by atoms with Gasteiger partial charge in [0.2, 0.25) is 5.91 Å². The number of alkyl halides is 3. The highest BCUT2D eigenvalue weighted by molar-refractivity contribution is 5.83. The summed E-state index contributed by atoms with van der Waals surface area (Å²) in [7, 11) is 0. The second-order valence-corrected chi connectivity index (χ2v) is 6.96. The molecule has 1 saturated carbocycles. The Labute approximate surface area is 133 Å². The molecule has 1 aromatic carbocycles. The molecule has 1 amide bonds. The minimum atomic E-state index is -4.37. The number of rotatable bonds is 3. The predicted molar refractivity (Wildman–Crippen MR) is 80.8 cm³/mol. The van der Waals surface area contributed by atoms with Crippen molar-refractivity contribution in [2.75, 3.05) is 6.54 Å². The molecule has 23 heavy (non-hydrogen) atoms. The molecule has 2 atom stereocenters. The van der Waals surface area contributed by atoms with Crippen LogP contribution < -0.4 is 10.6 Å². The van der Waals surface area contributed by atoms with E-state index in [1.165, 1.54) is 6.07 Å². The molecule has 1 aliphatic carbocycles. The average molecular weight is 326 g/mol. The van der Waals surface area contributed by atoms with E-state index in [4.69, 9.17) is 0 Å². The summed E-state index contributed by atoms with van der Waals surface area (Å²) in [6.07, 6.45) is -2.24. The van der Waals surface area contributed by atoms with Crippen LogP contribution in [0.5, 0.6) is 0 Å². The Bertz CT molecular complexity index is 623. The first-order valence-corrected chi connectivity index (χ1v) is 7.94. The first-order chi connectivity index (χ1) is 10.7. The maximum Gasteiger partial charge on any atom is 0.416 e. The molecule has 126 valence electrons. The molecule has 1 heterocycles. The van der Waals surface area contributed by atoms with Crippen molar-refractivity contribution in [2.24, 2.45) is 5.92 Å². The summed E-state index contributed by atoms with van der Waals surface area (Å²) >= 11 is 0. The van der Waals surface area contributed by atoms with Crippen molar-refractivity contribution in [3.05, 3.63) is 34.9 Å². The molecule has 0 aromatic heterocycles. The lowest BCUT2D eigenvalue weighted by Gasteiger charge is -2.22. The van der Waals surface area contributed by atoms with Crippen molar-refractivity contribution >= 4 is 5.91 Å². The summed E-state index contributed by atoms with van der Waals surface area (Å²) in [6, 6.07) is 3.81. The maximum atomic E-state index is 13.0. The SMILES string of the molecule is Cc1cc(C(F)(F)F)cc(C2(NC(=O)[C@H]3C[C@@H](C)CN3)CC2)c1. The van der Waals surface area contributed by atoms with E-state index in [2.05, 4.69) is 17.6 Å². The van der Waals surface area contributed by atoms with E-state index < -0.39 is 17.3 Å². The topological polar surface area (TPSA) is 41.1 Å². The first kappa shape index (κ1) is 16.3. The second kappa shape index (κ2) is 5.51. The van der Waals surface area contributed by atoms with E-state index in [-0.39, 0.29) is 11.9 Å². The lowest BCUT2D eigenvalue weighted by Crippen LogP contribution is -2.45. The number of hydrogen-bond donors (Lipinski definition) is 2. The lowest BCUT2D eigenvalue weighted by atomic mass is 9.98. The van der Waals surface area contributed by atoms with E-state index in [1.54, 1.807) is 13.0 Å². The van der Waals surface area contributed by atoms with Gasteiger partial charge in [-0.05, 0) is 56.3 Å². The van der Waals surface area contributed by atoms with Gasteiger partial charge in [0.05, 0.1) is 17.1 Å². The van der Waals surface area contributed by atoms with Crippen molar-refractivity contribution in [1.82, 2.24) is 10.6 Å². The Kier molecular flexibility index (Phi) is 3.91. The van der Waals surface area contributed by atoms with Crippen LogP contribution in [0.3, 0.4) is 0 Å². The predicted octanol–water partition coefficient (Wildman–Crippen LogP) is 3.12. The zero-order valence-corrected chi connectivity index (χ0v) is 13.3. The fourth-order valence-corrected chi connectivity index (χ4v) is 3.27. The number of nitrogens with one attached hydrogen (secondary N) is 2. The zero-order chi connectivity index (χ0) is 16.8. The molecule has 0 bridgehead atoms. The molecular formula is C17H21F3N2O. The molecule has 1 aromatic rings. The monoisotopic (exact) mass is 326 g/mol. The van der Waals surface area contributed by atoms with Crippen LogP contribution in [-0.4, -0.2) is 18.5 Å². The number of carbonyl (C=O) groups excluding carboxylic acids is 1. The molecular weight excluding hydrogens is 305 g/mol. The Morgan fingerprint density at radius 3 is 2.52 bits per heavy atom. The summed E-state index contributed by atoms with van der Waals surface area (Å²) in [6.45, 7) is 4.52. The number of amides is 1. The van der Waals surface area contributed by atoms with Crippen LogP contribution in [0.4, 0.5) is 13.2 Å². The number of carbonyl (C=O) groups is 1. The van der Waals surface area contributed by atoms with Gasteiger partial charge in [-0.1, -0.05) is 18.6 Å². The molecule has 1 saturated heterocycles. The van der Waals surface area contributed by atoms with E-state index in [1.807, 2.05) is 0 Å². The maximum absolute atomic E-state index is 13.0. The quantitative estimate of drug-likeness (QED) is 0.896. The zero-order valence-electron chi connectivity index (χ0n) is 13.3. The van der Waals surface area contributed by atoms with Crippen LogP contribution in [0.15, 0.2) is 18.2 Å². The van der Waals surface area contributed by atoms with E-state index in [9.17, 15) is 18.0 Å². The van der Waals surface area contributed by atoms with Crippen molar-refractivity contribution in [3.8, 4) is 0 Å². The molecule has 2 fully saturated rings. The Morgan fingerprint density at radius 1 is 1.30 bits per heavy atom. The minimum Gasteiger partial charge on any atom is -0.345 e. The molecule has 0 radical (unpaired) electrons. The number of aryl methyl sites for hydroxylation is 1. The van der Waals surface area contributed by atoms with Gasteiger partial charge in [0, 0.05) is 0 Å². The lowest BCUT2D eigenvalue weighted by molar-refractivity contribution is -0.137. The third-order valence-corrected chi connectivity index (χ3v) is 4.74. The van der Waals surface area contributed by atoms with Crippen molar-refractivity contribution in [1.29, 1.82) is 0 Å². The van der Waals surface area contributed by atoms with Crippen LogP contribution in [0.1, 0.15) is 42.9 Å². The molecule has 0 unspecified atom stereocenters. The van der Waals surface area contributed by atoms with Crippen LogP contribution in [0.25, 0.3) is 0 Å². The fraction of sp³-hybridized carbons (Fsp3) is 0.588. The molecule has 1 aliphatic heterocycles. The van der Waals surface area contributed by atoms with Crippen LogP contribution >= 0.6 is 0 Å². The van der Waals surface area contributed by atoms with Crippen LogP contribution in [0.2, 0.25) is 0 Å². The largest absolute Gasteiger partial charge is 0.416 e. The highest BCUT2D eigenvalue weighted by Gasteiger charge is 2.48. The van der Waals surface area contributed by atoms with E-state index in [0.29, 0.717) is 29.9 Å². The molecule has 3 rings (SSSR count). The van der Waals surface area contributed by atoms with Gasteiger partial charge in [-0.25, -0.2) is 0 Å². The van der Waals surface area contributed by atoms with Gasteiger partial charge in [0.25, 0.3) is 0 Å². The Morgan fingerprint density at radius 2 is 2.00 bits per heavy atom. The molecule has 2 N–H and O–H groups in total. The third-order valence-electron chi connectivity index (χ3n) is 4.74. The normalized spacial score (nSPS) is 26.1. The standard InChI is InChI=1S/C17H21F3N2O/c1-10-5-12(8-13(6-10)17(18,19)20)16(3-4-16)22-15(23)14-7-11(2)9-21-14/h5-6,8,11,14,21H,3-4,7,9H2,1-2H3,(H,22,23)/t11-,14-/m1/s1. The summed E-state index contributed by atoms with van der Waals surface area (Å²) < 4.78 is 39.0. The number of hydrogen-bond acceptors (Lipinski definition) is 2. The highest BCUT2D eigenvalue weighted by Crippen LogP contribution is 2.47. The number of benzene rings is 1. The Hall–Kier alpha value is -1.56. The highest BCUT2D eigenvalue weighted by atomic mass is 19.4. The van der Waals surface area contributed by atoms with Crippen molar-refractivity contribution < 1.29 is 18.0 Å².